The van der Waals surface area contributed by atoms with Gasteiger partial charge in [-0.1, -0.05) is 0 Å². The van der Waals surface area contributed by atoms with E-state index in [9.17, 15) is 4.79 Å². The lowest BCUT2D eigenvalue weighted by Gasteiger charge is -2.32. The average Bonchev–Trinajstić information content (AvgIpc) is 3.00. The van der Waals surface area contributed by atoms with E-state index < -0.39 is 0 Å². The third-order valence-corrected chi connectivity index (χ3v) is 3.57. The van der Waals surface area contributed by atoms with E-state index in [1.807, 2.05) is 0 Å². The molecule has 2 aromatic heterocycles. The Labute approximate surface area is 127 Å². The van der Waals surface area contributed by atoms with Crippen molar-refractivity contribution in [1.29, 1.82) is 0 Å². The van der Waals surface area contributed by atoms with Crippen molar-refractivity contribution in [2.75, 3.05) is 32.1 Å². The number of nitrogens with zero attached hydrogens (tertiary/aromatic N) is 4. The highest BCUT2D eigenvalue weighted by molar-refractivity contribution is 5.93. The van der Waals surface area contributed by atoms with Crippen molar-refractivity contribution in [3.8, 4) is 0 Å². The first kappa shape index (κ1) is 14.5. The summed E-state index contributed by atoms with van der Waals surface area (Å²) < 4.78 is 10.9. The van der Waals surface area contributed by atoms with Crippen molar-refractivity contribution in [2.45, 2.75) is 13.0 Å². The molecule has 116 valence electrons. The molecule has 0 radical (unpaired) electrons. The van der Waals surface area contributed by atoms with Crippen LogP contribution in [0.3, 0.4) is 0 Å². The molecule has 3 heterocycles. The molecule has 0 bridgehead atoms. The van der Waals surface area contributed by atoms with Gasteiger partial charge in [-0.2, -0.15) is 0 Å². The highest BCUT2D eigenvalue weighted by Crippen LogP contribution is 2.25. The highest BCUT2D eigenvalue weighted by atomic mass is 16.5. The number of anilines is 1. The lowest BCUT2D eigenvalue weighted by Crippen LogP contribution is -2.43. The Balaban J connectivity index is 1.80. The van der Waals surface area contributed by atoms with Crippen LogP contribution < -0.4 is 5.32 Å². The monoisotopic (exact) mass is 303 g/mol. The lowest BCUT2D eigenvalue weighted by atomic mass is 10.2. The molecule has 1 aliphatic rings. The first-order valence-electron chi connectivity index (χ1n) is 7.00. The molecular weight excluding hydrogens is 286 g/mol. The summed E-state index contributed by atoms with van der Waals surface area (Å²) in [5, 5.41) is 2.99. The van der Waals surface area contributed by atoms with Crippen LogP contribution in [0.1, 0.15) is 28.0 Å². The summed E-state index contributed by atoms with van der Waals surface area (Å²) in [7, 11) is 1.78. The molecule has 1 atom stereocenters. The molecule has 2 aromatic rings. The van der Waals surface area contributed by atoms with E-state index in [4.69, 9.17) is 9.15 Å². The third-order valence-electron chi connectivity index (χ3n) is 3.57. The number of nitrogens with one attached hydrogen (secondary N) is 1. The summed E-state index contributed by atoms with van der Waals surface area (Å²) in [5.41, 5.74) is 1.04. The second-order valence-corrected chi connectivity index (χ2v) is 4.91. The number of oxazole rings is 1. The minimum absolute atomic E-state index is 0.158. The Hall–Kier alpha value is -2.48. The van der Waals surface area contributed by atoms with E-state index >= 15 is 0 Å². The quantitative estimate of drug-likeness (QED) is 0.905. The van der Waals surface area contributed by atoms with Gasteiger partial charge in [0.25, 0.3) is 5.91 Å². The fraction of sp³-hybridized carbons (Fsp3) is 0.429. The molecule has 8 nitrogen and oxygen atoms in total. The van der Waals surface area contributed by atoms with Gasteiger partial charge in [0.1, 0.15) is 23.4 Å². The van der Waals surface area contributed by atoms with Crippen LogP contribution in [0.5, 0.6) is 0 Å². The number of morpholine rings is 1. The van der Waals surface area contributed by atoms with E-state index in [-0.39, 0.29) is 12.0 Å². The number of hydrogen-bond acceptors (Lipinski definition) is 7. The van der Waals surface area contributed by atoms with Crippen LogP contribution in [-0.4, -0.2) is 52.5 Å². The van der Waals surface area contributed by atoms with Crippen molar-refractivity contribution in [3.05, 3.63) is 35.9 Å². The molecule has 3 rings (SSSR count). The molecule has 1 unspecified atom stereocenters. The van der Waals surface area contributed by atoms with Crippen LogP contribution in [0, 0.1) is 6.92 Å². The second kappa shape index (κ2) is 6.10. The van der Waals surface area contributed by atoms with Crippen LogP contribution in [0.4, 0.5) is 5.82 Å². The van der Waals surface area contributed by atoms with Gasteiger partial charge in [-0.05, 0) is 6.92 Å². The summed E-state index contributed by atoms with van der Waals surface area (Å²) in [5.74, 6) is 1.01. The van der Waals surface area contributed by atoms with Gasteiger partial charge in [-0.3, -0.25) is 9.78 Å². The van der Waals surface area contributed by atoms with Crippen LogP contribution in [0.25, 0.3) is 0 Å². The van der Waals surface area contributed by atoms with Gasteiger partial charge in [0.15, 0.2) is 12.1 Å². The molecule has 1 N–H and O–H groups in total. The Bertz CT molecular complexity index is 672. The summed E-state index contributed by atoms with van der Waals surface area (Å²) in [6.45, 7) is 3.07. The van der Waals surface area contributed by atoms with E-state index in [0.29, 0.717) is 42.7 Å². The van der Waals surface area contributed by atoms with E-state index in [1.165, 1.54) is 6.39 Å². The number of carbonyl (C=O) groups excluding carboxylic acids is 1. The van der Waals surface area contributed by atoms with Gasteiger partial charge >= 0.3 is 0 Å². The first-order chi connectivity index (χ1) is 10.7. The zero-order valence-corrected chi connectivity index (χ0v) is 12.4. The number of amides is 1. The number of hydrogen-bond donors (Lipinski definition) is 1. The minimum Gasteiger partial charge on any atom is -0.448 e. The lowest BCUT2D eigenvalue weighted by molar-refractivity contribution is -0.0247. The summed E-state index contributed by atoms with van der Waals surface area (Å²) in [6, 6.07) is 0. The Morgan fingerprint density at radius 2 is 2.18 bits per heavy atom. The van der Waals surface area contributed by atoms with Gasteiger partial charge in [-0.15, -0.1) is 0 Å². The number of aryl methyl sites for hydroxylation is 1. The summed E-state index contributed by atoms with van der Waals surface area (Å²) in [6.07, 6.45) is 4.19. The molecule has 1 fully saturated rings. The van der Waals surface area contributed by atoms with Crippen LogP contribution in [0.15, 0.2) is 23.2 Å². The molecule has 8 heteroatoms. The predicted molar refractivity (Wildman–Crippen MR) is 77.4 cm³/mol. The largest absolute Gasteiger partial charge is 0.448 e. The zero-order chi connectivity index (χ0) is 15.5. The van der Waals surface area contributed by atoms with Crippen LogP contribution in [-0.2, 0) is 4.74 Å². The smallest absolute Gasteiger partial charge is 0.276 e. The van der Waals surface area contributed by atoms with Gasteiger partial charge in [0.2, 0.25) is 0 Å². The topological polar surface area (TPSA) is 93.4 Å². The van der Waals surface area contributed by atoms with Crippen LogP contribution in [0.2, 0.25) is 0 Å². The first-order valence-corrected chi connectivity index (χ1v) is 7.00. The van der Waals surface area contributed by atoms with E-state index in [0.717, 1.165) is 0 Å². The molecule has 0 aromatic carbocycles. The van der Waals surface area contributed by atoms with E-state index in [1.54, 1.807) is 31.3 Å². The molecule has 0 aliphatic carbocycles. The third kappa shape index (κ3) is 2.64. The Morgan fingerprint density at radius 1 is 1.36 bits per heavy atom. The normalized spacial score (nSPS) is 18.3. The number of ether oxygens (including phenoxy) is 1. The predicted octanol–water partition coefficient (Wildman–Crippen LogP) is 1.03. The molecular formula is C14H17N5O3. The molecule has 0 saturated carbocycles. The van der Waals surface area contributed by atoms with Crippen molar-refractivity contribution in [3.63, 3.8) is 0 Å². The maximum absolute atomic E-state index is 12.5. The fourth-order valence-corrected chi connectivity index (χ4v) is 2.44. The van der Waals surface area contributed by atoms with Crippen molar-refractivity contribution in [1.82, 2.24) is 19.9 Å². The molecule has 22 heavy (non-hydrogen) atoms. The fourth-order valence-electron chi connectivity index (χ4n) is 2.44. The maximum atomic E-state index is 12.5. The van der Waals surface area contributed by atoms with Gasteiger partial charge in [-0.25, -0.2) is 9.97 Å². The average molecular weight is 303 g/mol. The van der Waals surface area contributed by atoms with Crippen molar-refractivity contribution < 1.29 is 13.9 Å². The molecule has 1 amide bonds. The highest BCUT2D eigenvalue weighted by Gasteiger charge is 2.30. The number of aromatic nitrogens is 3. The summed E-state index contributed by atoms with van der Waals surface area (Å²) >= 11 is 0. The van der Waals surface area contributed by atoms with Gasteiger partial charge in [0.05, 0.1) is 13.2 Å². The van der Waals surface area contributed by atoms with Gasteiger partial charge < -0.3 is 19.4 Å². The zero-order valence-electron chi connectivity index (χ0n) is 12.4. The number of rotatable bonds is 3. The Kier molecular flexibility index (Phi) is 4.01. The molecule has 1 aliphatic heterocycles. The van der Waals surface area contributed by atoms with E-state index in [2.05, 4.69) is 20.3 Å². The maximum Gasteiger partial charge on any atom is 0.276 e. The molecule has 0 spiro atoms. The SMILES string of the molecule is CNc1nccnc1C1CN(C(=O)c2ncoc2C)CCO1. The Morgan fingerprint density at radius 3 is 2.91 bits per heavy atom. The van der Waals surface area contributed by atoms with Crippen molar-refractivity contribution >= 4 is 11.7 Å². The standard InChI is InChI=1S/C14H17N5O3/c1-9-11(18-8-22-9)14(20)19-5-6-21-10(7-19)12-13(15-2)17-4-3-16-12/h3-4,8,10H,5-7H2,1-2H3,(H,15,17). The van der Waals surface area contributed by atoms with Crippen molar-refractivity contribution in [2.24, 2.45) is 0 Å². The van der Waals surface area contributed by atoms with Gasteiger partial charge in [0, 0.05) is 26.0 Å². The minimum atomic E-state index is -0.318. The molecule has 1 saturated heterocycles. The summed E-state index contributed by atoms with van der Waals surface area (Å²) in [4.78, 5) is 26.7. The van der Waals surface area contributed by atoms with Crippen LogP contribution >= 0.6 is 0 Å². The number of carbonyl (C=O) groups is 1. The second-order valence-electron chi connectivity index (χ2n) is 4.91.